The number of likely N-dealkylation sites (N-methyl/N-ethyl adjacent to an activating group) is 1. The maximum Gasteiger partial charge on any atom is 0.238 e. The van der Waals surface area contributed by atoms with Crippen molar-refractivity contribution in [3.05, 3.63) is 18.2 Å². The van der Waals surface area contributed by atoms with Crippen LogP contribution in [0.25, 0.3) is 0 Å². The van der Waals surface area contributed by atoms with Crippen LogP contribution in [-0.2, 0) is 4.79 Å². The highest BCUT2D eigenvalue weighted by Crippen LogP contribution is 2.23. The number of methoxy groups -OCH3 is 1. The summed E-state index contributed by atoms with van der Waals surface area (Å²) >= 11 is 0. The van der Waals surface area contributed by atoms with Gasteiger partial charge >= 0.3 is 0 Å². The molecule has 0 atom stereocenters. The average molecular weight is 262 g/mol. The molecular weight excluding hydrogens is 244 g/mol. The Labute approximate surface area is 112 Å². The number of rotatable bonds is 6. The monoisotopic (exact) mass is 262 g/mol. The quantitative estimate of drug-likeness (QED) is 0.748. The van der Waals surface area contributed by atoms with Crippen molar-refractivity contribution in [3.63, 3.8) is 0 Å². The number of carbonyl (C=O) groups is 1. The van der Waals surface area contributed by atoms with Gasteiger partial charge in [0, 0.05) is 19.0 Å². The maximum atomic E-state index is 11.8. The highest BCUT2D eigenvalue weighted by Gasteiger charge is 2.09. The Hall–Kier alpha value is -2.26. The SMILES string of the molecule is COc1ccc(NC(=O)CN(C)CCC#N)c(N)c1. The van der Waals surface area contributed by atoms with Crippen molar-refractivity contribution in [3.8, 4) is 11.8 Å². The molecule has 1 aromatic carbocycles. The van der Waals surface area contributed by atoms with Crippen LogP contribution >= 0.6 is 0 Å². The van der Waals surface area contributed by atoms with Crippen molar-refractivity contribution >= 4 is 17.3 Å². The fourth-order valence-corrected chi connectivity index (χ4v) is 1.54. The molecule has 19 heavy (non-hydrogen) atoms. The van der Waals surface area contributed by atoms with Crippen molar-refractivity contribution in [2.45, 2.75) is 6.42 Å². The number of ether oxygens (including phenoxy) is 1. The molecule has 0 aromatic heterocycles. The molecule has 1 rings (SSSR count). The Morgan fingerprint density at radius 2 is 2.32 bits per heavy atom. The Morgan fingerprint density at radius 1 is 1.58 bits per heavy atom. The summed E-state index contributed by atoms with van der Waals surface area (Å²) in [5, 5.41) is 11.2. The van der Waals surface area contributed by atoms with Gasteiger partial charge in [-0.1, -0.05) is 0 Å². The highest BCUT2D eigenvalue weighted by atomic mass is 16.5. The predicted octanol–water partition coefficient (Wildman–Crippen LogP) is 1.06. The largest absolute Gasteiger partial charge is 0.497 e. The number of hydrogen-bond donors (Lipinski definition) is 2. The third-order valence-electron chi connectivity index (χ3n) is 2.55. The molecule has 0 spiro atoms. The number of nitrogens with zero attached hydrogens (tertiary/aromatic N) is 2. The number of hydrogen-bond acceptors (Lipinski definition) is 5. The summed E-state index contributed by atoms with van der Waals surface area (Å²) in [5.41, 5.74) is 6.81. The van der Waals surface area contributed by atoms with Gasteiger partial charge in [-0.15, -0.1) is 0 Å². The first-order chi connectivity index (χ1) is 9.06. The van der Waals surface area contributed by atoms with Gasteiger partial charge in [-0.3, -0.25) is 9.69 Å². The Bertz CT molecular complexity index is 482. The van der Waals surface area contributed by atoms with E-state index in [0.717, 1.165) is 0 Å². The number of carbonyl (C=O) groups excluding carboxylic acids is 1. The molecule has 0 saturated heterocycles. The summed E-state index contributed by atoms with van der Waals surface area (Å²) in [4.78, 5) is 13.5. The van der Waals surface area contributed by atoms with Crippen molar-refractivity contribution in [2.24, 2.45) is 0 Å². The van der Waals surface area contributed by atoms with Crippen molar-refractivity contribution in [1.82, 2.24) is 4.90 Å². The fraction of sp³-hybridized carbons (Fsp3) is 0.385. The van der Waals surface area contributed by atoms with E-state index in [1.54, 1.807) is 37.3 Å². The third kappa shape index (κ3) is 4.85. The van der Waals surface area contributed by atoms with Gasteiger partial charge in [-0.2, -0.15) is 5.26 Å². The van der Waals surface area contributed by atoms with Gasteiger partial charge in [0.2, 0.25) is 5.91 Å². The van der Waals surface area contributed by atoms with E-state index in [1.807, 2.05) is 6.07 Å². The van der Waals surface area contributed by atoms with Gasteiger partial charge in [-0.05, 0) is 19.2 Å². The number of anilines is 2. The second-order valence-electron chi connectivity index (χ2n) is 4.15. The van der Waals surface area contributed by atoms with E-state index in [4.69, 9.17) is 15.7 Å². The van der Waals surface area contributed by atoms with Gasteiger partial charge in [0.15, 0.2) is 0 Å². The molecule has 1 amide bonds. The maximum absolute atomic E-state index is 11.8. The van der Waals surface area contributed by atoms with E-state index in [1.165, 1.54) is 0 Å². The zero-order chi connectivity index (χ0) is 14.3. The van der Waals surface area contributed by atoms with Crippen LogP contribution in [0.5, 0.6) is 5.75 Å². The van der Waals surface area contributed by atoms with E-state index in [2.05, 4.69) is 5.32 Å². The van der Waals surface area contributed by atoms with Gasteiger partial charge in [0.1, 0.15) is 5.75 Å². The summed E-state index contributed by atoms with van der Waals surface area (Å²) in [5.74, 6) is 0.471. The smallest absolute Gasteiger partial charge is 0.238 e. The predicted molar refractivity (Wildman–Crippen MR) is 73.8 cm³/mol. The van der Waals surface area contributed by atoms with Crippen molar-refractivity contribution in [2.75, 3.05) is 38.3 Å². The number of benzene rings is 1. The first-order valence-electron chi connectivity index (χ1n) is 5.85. The topological polar surface area (TPSA) is 91.4 Å². The Balaban J connectivity index is 2.55. The van der Waals surface area contributed by atoms with Crippen LogP contribution in [0.4, 0.5) is 11.4 Å². The van der Waals surface area contributed by atoms with Gasteiger partial charge in [0.05, 0.1) is 31.1 Å². The lowest BCUT2D eigenvalue weighted by atomic mass is 10.2. The first kappa shape index (κ1) is 14.8. The van der Waals surface area contributed by atoms with Crippen LogP contribution in [0.3, 0.4) is 0 Å². The molecule has 3 N–H and O–H groups in total. The summed E-state index contributed by atoms with van der Waals surface area (Å²) in [6, 6.07) is 7.11. The van der Waals surface area contributed by atoms with Crippen LogP contribution in [0.1, 0.15) is 6.42 Å². The van der Waals surface area contributed by atoms with E-state index in [-0.39, 0.29) is 12.5 Å². The average Bonchev–Trinajstić information content (AvgIpc) is 2.38. The molecule has 0 heterocycles. The van der Waals surface area contributed by atoms with E-state index >= 15 is 0 Å². The summed E-state index contributed by atoms with van der Waals surface area (Å²) in [7, 11) is 3.34. The Kier molecular flexibility index (Phi) is 5.64. The lowest BCUT2D eigenvalue weighted by molar-refractivity contribution is -0.117. The molecule has 0 aliphatic carbocycles. The van der Waals surface area contributed by atoms with E-state index in [0.29, 0.717) is 30.1 Å². The third-order valence-corrected chi connectivity index (χ3v) is 2.55. The fourth-order valence-electron chi connectivity index (χ4n) is 1.54. The zero-order valence-electron chi connectivity index (χ0n) is 11.1. The van der Waals surface area contributed by atoms with Crippen LogP contribution < -0.4 is 15.8 Å². The molecule has 0 radical (unpaired) electrons. The van der Waals surface area contributed by atoms with Crippen molar-refractivity contribution in [1.29, 1.82) is 5.26 Å². The van der Waals surface area contributed by atoms with Gasteiger partial charge < -0.3 is 15.8 Å². The first-order valence-corrected chi connectivity index (χ1v) is 5.85. The van der Waals surface area contributed by atoms with Crippen molar-refractivity contribution < 1.29 is 9.53 Å². The van der Waals surface area contributed by atoms with Gasteiger partial charge in [-0.25, -0.2) is 0 Å². The molecule has 6 nitrogen and oxygen atoms in total. The standard InChI is InChI=1S/C13H18N4O2/c1-17(7-3-6-14)9-13(18)16-12-5-4-10(19-2)8-11(12)15/h4-5,8H,3,7,9,15H2,1-2H3,(H,16,18). The summed E-state index contributed by atoms with van der Waals surface area (Å²) < 4.78 is 5.03. The van der Waals surface area contributed by atoms with Crippen LogP contribution in [0.15, 0.2) is 18.2 Å². The molecule has 0 bridgehead atoms. The molecule has 0 unspecified atom stereocenters. The lowest BCUT2D eigenvalue weighted by Gasteiger charge is -2.15. The molecule has 0 saturated carbocycles. The molecule has 0 aliphatic rings. The summed E-state index contributed by atoms with van der Waals surface area (Å²) in [6.07, 6.45) is 0.397. The molecular formula is C13H18N4O2. The number of nitrogens with one attached hydrogen (secondary N) is 1. The molecule has 0 aliphatic heterocycles. The number of nitrogens with two attached hydrogens (primary N) is 1. The molecule has 102 valence electrons. The van der Waals surface area contributed by atoms with E-state index in [9.17, 15) is 4.79 Å². The second-order valence-corrected chi connectivity index (χ2v) is 4.15. The molecule has 0 fully saturated rings. The van der Waals surface area contributed by atoms with Crippen LogP contribution in [0, 0.1) is 11.3 Å². The zero-order valence-corrected chi connectivity index (χ0v) is 11.1. The minimum Gasteiger partial charge on any atom is -0.497 e. The normalized spacial score (nSPS) is 10.0. The minimum atomic E-state index is -0.169. The highest BCUT2D eigenvalue weighted by molar-refractivity contribution is 5.95. The second kappa shape index (κ2) is 7.24. The number of nitrogen functional groups attached to an aromatic ring is 1. The van der Waals surface area contributed by atoms with E-state index < -0.39 is 0 Å². The van der Waals surface area contributed by atoms with Crippen LogP contribution in [-0.4, -0.2) is 38.1 Å². The lowest BCUT2D eigenvalue weighted by Crippen LogP contribution is -2.31. The van der Waals surface area contributed by atoms with Crippen LogP contribution in [0.2, 0.25) is 0 Å². The Morgan fingerprint density at radius 3 is 2.89 bits per heavy atom. The number of nitriles is 1. The molecule has 6 heteroatoms. The van der Waals surface area contributed by atoms with Gasteiger partial charge in [0.25, 0.3) is 0 Å². The minimum absolute atomic E-state index is 0.169. The number of amides is 1. The summed E-state index contributed by atoms with van der Waals surface area (Å²) in [6.45, 7) is 0.773. The molecule has 1 aromatic rings.